The molecule has 3 aromatic heterocycles. The van der Waals surface area contributed by atoms with Gasteiger partial charge < -0.3 is 20.7 Å². The van der Waals surface area contributed by atoms with E-state index < -0.39 is 5.91 Å². The van der Waals surface area contributed by atoms with Gasteiger partial charge in [0.05, 0.1) is 24.3 Å². The normalized spacial score (nSPS) is 14.2. The van der Waals surface area contributed by atoms with Gasteiger partial charge in [-0.05, 0) is 30.3 Å². The number of carbonyl (C=O) groups excluding carboxylic acids is 2. The van der Waals surface area contributed by atoms with Crippen LogP contribution < -0.4 is 16.0 Å². The topological polar surface area (TPSA) is 114 Å². The van der Waals surface area contributed by atoms with E-state index in [4.69, 9.17) is 10.5 Å². The van der Waals surface area contributed by atoms with Crippen molar-refractivity contribution in [1.82, 2.24) is 14.9 Å². The van der Waals surface area contributed by atoms with Gasteiger partial charge in [0.2, 0.25) is 0 Å². The monoisotopic (exact) mass is 508 g/mol. The van der Waals surface area contributed by atoms with Crippen LogP contribution in [0.25, 0.3) is 10.9 Å². The Kier molecular flexibility index (Phi) is 6.73. The van der Waals surface area contributed by atoms with Crippen molar-refractivity contribution in [2.75, 3.05) is 43.6 Å². The fraction of sp³-hybridized carbons (Fsp3) is 0.250. The number of rotatable bonds is 7. The van der Waals surface area contributed by atoms with E-state index in [0.29, 0.717) is 15.7 Å². The lowest BCUT2D eigenvalue weighted by molar-refractivity contribution is 0.0346. The molecule has 1 aromatic carbocycles. The summed E-state index contributed by atoms with van der Waals surface area (Å²) in [6.07, 6.45) is 1.75. The molecule has 9 nitrogen and oxygen atoms in total. The van der Waals surface area contributed by atoms with Crippen LogP contribution in [-0.4, -0.2) is 60.0 Å². The highest BCUT2D eigenvalue weighted by molar-refractivity contribution is 7.20. The molecular formula is C24H24N6O3S2. The van der Waals surface area contributed by atoms with Gasteiger partial charge in [-0.3, -0.25) is 19.5 Å². The number of hydrogen-bond acceptors (Lipinski definition) is 9. The maximum atomic E-state index is 13.0. The molecule has 0 spiro atoms. The molecule has 0 saturated carbocycles. The van der Waals surface area contributed by atoms with Gasteiger partial charge in [0, 0.05) is 54.2 Å². The lowest BCUT2D eigenvalue weighted by atomic mass is 10.2. The largest absolute Gasteiger partial charge is 0.379 e. The Labute approximate surface area is 210 Å². The lowest BCUT2D eigenvalue weighted by Gasteiger charge is -2.25. The van der Waals surface area contributed by atoms with Gasteiger partial charge in [-0.25, -0.2) is 4.98 Å². The first-order chi connectivity index (χ1) is 17.0. The number of carbonyl (C=O) groups is 2. The first-order valence-corrected chi connectivity index (χ1v) is 12.8. The number of benzene rings is 1. The van der Waals surface area contributed by atoms with Gasteiger partial charge in [-0.1, -0.05) is 17.4 Å². The van der Waals surface area contributed by atoms with Crippen molar-refractivity contribution >= 4 is 61.2 Å². The molecular weight excluding hydrogens is 484 g/mol. The predicted molar refractivity (Wildman–Crippen MR) is 139 cm³/mol. The summed E-state index contributed by atoms with van der Waals surface area (Å²) >= 11 is 2.74. The number of nitrogens with zero attached hydrogens (tertiary/aromatic N) is 4. The average Bonchev–Trinajstić information content (AvgIpc) is 3.51. The Morgan fingerprint density at radius 3 is 2.86 bits per heavy atom. The molecule has 1 fully saturated rings. The van der Waals surface area contributed by atoms with E-state index in [9.17, 15) is 9.59 Å². The molecule has 5 rings (SSSR count). The van der Waals surface area contributed by atoms with E-state index in [1.165, 1.54) is 11.3 Å². The highest BCUT2D eigenvalue weighted by atomic mass is 32.1. The summed E-state index contributed by atoms with van der Waals surface area (Å²) in [6, 6.07) is 11.6. The van der Waals surface area contributed by atoms with Crippen molar-refractivity contribution < 1.29 is 14.3 Å². The van der Waals surface area contributed by atoms with Crippen molar-refractivity contribution in [2.24, 2.45) is 5.73 Å². The summed E-state index contributed by atoms with van der Waals surface area (Å²) in [5.41, 5.74) is 7.92. The maximum absolute atomic E-state index is 13.0. The third kappa shape index (κ3) is 5.17. The molecule has 0 aliphatic carbocycles. The van der Waals surface area contributed by atoms with Crippen molar-refractivity contribution in [1.29, 1.82) is 0 Å². The number of amides is 2. The summed E-state index contributed by atoms with van der Waals surface area (Å²) < 4.78 is 5.39. The van der Waals surface area contributed by atoms with Crippen LogP contribution in [0.15, 0.2) is 48.0 Å². The second kappa shape index (κ2) is 10.1. The summed E-state index contributed by atoms with van der Waals surface area (Å²) in [5.74, 6) is -0.996. The number of fused-ring (bicyclic) bond motifs is 1. The first kappa shape index (κ1) is 23.4. The Bertz CT molecular complexity index is 1380. The van der Waals surface area contributed by atoms with Gasteiger partial charge in [0.15, 0.2) is 10.8 Å². The zero-order valence-corrected chi connectivity index (χ0v) is 20.7. The van der Waals surface area contributed by atoms with Crippen LogP contribution in [0.4, 0.5) is 15.8 Å². The number of aromatic nitrogens is 2. The van der Waals surface area contributed by atoms with Crippen molar-refractivity contribution in [2.45, 2.75) is 6.54 Å². The van der Waals surface area contributed by atoms with Crippen LogP contribution in [0, 0.1) is 0 Å². The number of ether oxygens (including phenoxy) is 1. The summed E-state index contributed by atoms with van der Waals surface area (Å²) in [4.78, 5) is 39.1. The maximum Gasteiger partial charge on any atom is 0.270 e. The minimum Gasteiger partial charge on any atom is -0.379 e. The van der Waals surface area contributed by atoms with Gasteiger partial charge >= 0.3 is 0 Å². The standard InChI is InChI=1S/C24H24N6O3S2/c1-29(17-4-5-19-15(11-17)3-2-6-26-19)24-27-20(21(25)31)23(35-24)28-22(32)16-12-18(34-14-16)13-30-7-9-33-10-8-30/h2-6,11-12,14H,7-10,13H2,1H3,(H2,25,31)(H,28,32). The smallest absolute Gasteiger partial charge is 0.270 e. The van der Waals surface area contributed by atoms with E-state index in [1.807, 2.05) is 53.7 Å². The Balaban J connectivity index is 1.33. The summed E-state index contributed by atoms with van der Waals surface area (Å²) in [5, 5.41) is 6.51. The van der Waals surface area contributed by atoms with E-state index in [-0.39, 0.29) is 11.6 Å². The fourth-order valence-corrected chi connectivity index (χ4v) is 5.68. The highest BCUT2D eigenvalue weighted by Gasteiger charge is 2.22. The van der Waals surface area contributed by atoms with Crippen molar-refractivity contribution in [3.8, 4) is 0 Å². The van der Waals surface area contributed by atoms with Gasteiger partial charge in [0.25, 0.3) is 11.8 Å². The van der Waals surface area contributed by atoms with Gasteiger partial charge in [-0.2, -0.15) is 0 Å². The Hall–Kier alpha value is -3.38. The SMILES string of the molecule is CN(c1ccc2ncccc2c1)c1nc(C(N)=O)c(NC(=O)c2csc(CN3CCOCC3)c2)s1. The molecule has 3 N–H and O–H groups in total. The molecule has 4 aromatic rings. The Morgan fingerprint density at radius 1 is 1.23 bits per heavy atom. The molecule has 35 heavy (non-hydrogen) atoms. The number of thiazole rings is 1. The molecule has 180 valence electrons. The number of thiophene rings is 1. The van der Waals surface area contributed by atoms with Crippen LogP contribution in [0.1, 0.15) is 25.7 Å². The van der Waals surface area contributed by atoms with Crippen molar-refractivity contribution in [3.63, 3.8) is 0 Å². The number of nitrogens with two attached hydrogens (primary N) is 1. The molecule has 1 aliphatic heterocycles. The quantitative estimate of drug-likeness (QED) is 0.391. The number of hydrogen-bond donors (Lipinski definition) is 2. The van der Waals surface area contributed by atoms with Gasteiger partial charge in [-0.15, -0.1) is 11.3 Å². The molecule has 2 amide bonds. The minimum absolute atomic E-state index is 0.0384. The molecule has 0 unspecified atom stereocenters. The molecule has 1 aliphatic rings. The number of pyridine rings is 1. The number of morpholine rings is 1. The molecule has 1 saturated heterocycles. The molecule has 11 heteroatoms. The molecule has 0 atom stereocenters. The van der Waals surface area contributed by atoms with E-state index in [2.05, 4.69) is 20.2 Å². The van der Waals surface area contributed by atoms with Crippen molar-refractivity contribution in [3.05, 3.63) is 64.1 Å². The van der Waals surface area contributed by atoms with Crippen LogP contribution in [0.2, 0.25) is 0 Å². The van der Waals surface area contributed by atoms with Crippen LogP contribution >= 0.6 is 22.7 Å². The lowest BCUT2D eigenvalue weighted by Crippen LogP contribution is -2.35. The second-order valence-electron chi connectivity index (χ2n) is 8.12. The molecule has 0 bridgehead atoms. The third-order valence-corrected chi connectivity index (χ3v) is 7.70. The highest BCUT2D eigenvalue weighted by Crippen LogP contribution is 2.35. The fourth-order valence-electron chi connectivity index (χ4n) is 3.82. The number of nitrogens with one attached hydrogen (secondary N) is 1. The predicted octanol–water partition coefficient (Wildman–Crippen LogP) is 3.70. The summed E-state index contributed by atoms with van der Waals surface area (Å²) in [7, 11) is 1.85. The van der Waals surface area contributed by atoms with E-state index in [0.717, 1.165) is 54.3 Å². The average molecular weight is 509 g/mol. The first-order valence-electron chi connectivity index (χ1n) is 11.1. The minimum atomic E-state index is -0.697. The molecule has 0 radical (unpaired) electrons. The van der Waals surface area contributed by atoms with Gasteiger partial charge in [0.1, 0.15) is 5.00 Å². The van der Waals surface area contributed by atoms with E-state index >= 15 is 0 Å². The number of primary amides is 1. The molecule has 4 heterocycles. The Morgan fingerprint density at radius 2 is 2.06 bits per heavy atom. The van der Waals surface area contributed by atoms with Crippen LogP contribution in [0.5, 0.6) is 0 Å². The number of anilines is 3. The van der Waals surface area contributed by atoms with Crippen LogP contribution in [0.3, 0.4) is 0 Å². The summed E-state index contributed by atoms with van der Waals surface area (Å²) in [6.45, 7) is 4.00. The second-order valence-corrected chi connectivity index (χ2v) is 10.1. The zero-order valence-electron chi connectivity index (χ0n) is 19.1. The zero-order chi connectivity index (χ0) is 24.4. The van der Waals surface area contributed by atoms with E-state index in [1.54, 1.807) is 17.5 Å². The van der Waals surface area contributed by atoms with Crippen LogP contribution in [-0.2, 0) is 11.3 Å². The third-order valence-electron chi connectivity index (χ3n) is 5.74.